The molecule has 108 valence electrons. The summed E-state index contributed by atoms with van der Waals surface area (Å²) in [7, 11) is 0. The predicted molar refractivity (Wildman–Crippen MR) is 63.0 cm³/mol. The first kappa shape index (κ1) is 14.4. The van der Waals surface area contributed by atoms with E-state index in [0.717, 1.165) is 12.1 Å². The van der Waals surface area contributed by atoms with Gasteiger partial charge in [0.1, 0.15) is 18.0 Å². The third-order valence-electron chi connectivity index (χ3n) is 2.74. The van der Waals surface area contributed by atoms with Gasteiger partial charge in [0, 0.05) is 6.54 Å². The number of rotatable bonds is 4. The maximum absolute atomic E-state index is 13.2. The maximum atomic E-state index is 13.2. The first-order chi connectivity index (χ1) is 9.36. The number of aromatic amines is 1. The SMILES string of the molecule is CC(NCc1cc(F)cc(C(F)(F)F)c1)c1ncn[nH]1. The summed E-state index contributed by atoms with van der Waals surface area (Å²) in [6.07, 6.45) is -3.23. The summed E-state index contributed by atoms with van der Waals surface area (Å²) in [4.78, 5) is 3.92. The van der Waals surface area contributed by atoms with Gasteiger partial charge >= 0.3 is 6.18 Å². The molecular weight excluding hydrogens is 276 g/mol. The molecule has 0 fully saturated rings. The second-order valence-electron chi connectivity index (χ2n) is 4.32. The average Bonchev–Trinajstić information content (AvgIpc) is 2.88. The Labute approximate surface area is 112 Å². The van der Waals surface area contributed by atoms with Crippen molar-refractivity contribution in [3.63, 3.8) is 0 Å². The zero-order chi connectivity index (χ0) is 14.8. The zero-order valence-corrected chi connectivity index (χ0v) is 10.5. The van der Waals surface area contributed by atoms with Crippen LogP contribution in [0, 0.1) is 5.82 Å². The van der Waals surface area contributed by atoms with E-state index in [1.807, 2.05) is 0 Å². The third kappa shape index (κ3) is 3.53. The second kappa shape index (κ2) is 5.58. The Hall–Kier alpha value is -1.96. The Bertz CT molecular complexity index is 565. The number of nitrogens with zero attached hydrogens (tertiary/aromatic N) is 2. The molecule has 0 saturated carbocycles. The molecule has 1 unspecified atom stereocenters. The lowest BCUT2D eigenvalue weighted by atomic mass is 10.1. The van der Waals surface area contributed by atoms with Gasteiger partial charge in [-0.1, -0.05) is 0 Å². The quantitative estimate of drug-likeness (QED) is 0.851. The van der Waals surface area contributed by atoms with Crippen LogP contribution < -0.4 is 5.32 Å². The van der Waals surface area contributed by atoms with Gasteiger partial charge in [-0.2, -0.15) is 18.3 Å². The van der Waals surface area contributed by atoms with Gasteiger partial charge in [-0.25, -0.2) is 9.37 Å². The molecule has 0 spiro atoms. The van der Waals surface area contributed by atoms with E-state index in [2.05, 4.69) is 20.5 Å². The highest BCUT2D eigenvalue weighted by Gasteiger charge is 2.31. The van der Waals surface area contributed by atoms with Crippen LogP contribution in [-0.2, 0) is 12.7 Å². The molecule has 2 rings (SSSR count). The molecule has 0 aliphatic carbocycles. The van der Waals surface area contributed by atoms with Crippen LogP contribution in [0.15, 0.2) is 24.5 Å². The van der Waals surface area contributed by atoms with Gasteiger partial charge in [-0.15, -0.1) is 0 Å². The van der Waals surface area contributed by atoms with E-state index in [9.17, 15) is 17.6 Å². The highest BCUT2D eigenvalue weighted by atomic mass is 19.4. The van der Waals surface area contributed by atoms with Gasteiger partial charge in [0.25, 0.3) is 0 Å². The van der Waals surface area contributed by atoms with Crippen molar-refractivity contribution in [1.82, 2.24) is 20.5 Å². The summed E-state index contributed by atoms with van der Waals surface area (Å²) in [6, 6.07) is 2.22. The van der Waals surface area contributed by atoms with Crippen LogP contribution in [0.3, 0.4) is 0 Å². The third-order valence-corrected chi connectivity index (χ3v) is 2.74. The van der Waals surface area contributed by atoms with E-state index in [4.69, 9.17) is 0 Å². The normalized spacial score (nSPS) is 13.4. The summed E-state index contributed by atoms with van der Waals surface area (Å²) < 4.78 is 50.9. The van der Waals surface area contributed by atoms with E-state index in [-0.39, 0.29) is 18.2 Å². The number of aromatic nitrogens is 3. The fraction of sp³-hybridized carbons (Fsp3) is 0.333. The summed E-state index contributed by atoms with van der Waals surface area (Å²) in [5, 5.41) is 9.26. The van der Waals surface area contributed by atoms with E-state index in [1.165, 1.54) is 6.33 Å². The maximum Gasteiger partial charge on any atom is 0.416 e. The highest BCUT2D eigenvalue weighted by Crippen LogP contribution is 2.30. The molecule has 1 aromatic carbocycles. The van der Waals surface area contributed by atoms with E-state index >= 15 is 0 Å². The van der Waals surface area contributed by atoms with Crippen LogP contribution in [0.1, 0.15) is 29.9 Å². The van der Waals surface area contributed by atoms with Gasteiger partial charge in [0.05, 0.1) is 11.6 Å². The second-order valence-corrected chi connectivity index (χ2v) is 4.32. The smallest absolute Gasteiger partial charge is 0.303 e. The van der Waals surface area contributed by atoms with Crippen LogP contribution in [0.5, 0.6) is 0 Å². The van der Waals surface area contributed by atoms with Crippen LogP contribution >= 0.6 is 0 Å². The highest BCUT2D eigenvalue weighted by molar-refractivity contribution is 5.26. The fourth-order valence-corrected chi connectivity index (χ4v) is 1.71. The van der Waals surface area contributed by atoms with Crippen LogP contribution in [0.2, 0.25) is 0 Å². The number of halogens is 4. The Kier molecular flexibility index (Phi) is 4.03. The molecule has 2 N–H and O–H groups in total. The molecule has 0 bridgehead atoms. The minimum absolute atomic E-state index is 0.0860. The zero-order valence-electron chi connectivity index (χ0n) is 10.5. The Morgan fingerprint density at radius 3 is 2.65 bits per heavy atom. The molecule has 20 heavy (non-hydrogen) atoms. The van der Waals surface area contributed by atoms with Crippen molar-refractivity contribution in [2.75, 3.05) is 0 Å². The largest absolute Gasteiger partial charge is 0.416 e. The first-order valence-electron chi connectivity index (χ1n) is 5.81. The summed E-state index contributed by atoms with van der Waals surface area (Å²) in [5.41, 5.74) is -0.787. The fourth-order valence-electron chi connectivity index (χ4n) is 1.71. The van der Waals surface area contributed by atoms with Gasteiger partial charge in [-0.3, -0.25) is 5.10 Å². The molecule has 1 aromatic heterocycles. The average molecular weight is 288 g/mol. The van der Waals surface area contributed by atoms with Gasteiger partial charge in [0.15, 0.2) is 0 Å². The van der Waals surface area contributed by atoms with Gasteiger partial charge < -0.3 is 5.32 Å². The lowest BCUT2D eigenvalue weighted by molar-refractivity contribution is -0.137. The number of hydrogen-bond acceptors (Lipinski definition) is 3. The molecule has 0 amide bonds. The standard InChI is InChI=1S/C12H12F4N4/c1-7(11-18-6-19-20-11)17-5-8-2-9(12(14,15)16)4-10(13)3-8/h2-4,6-7,17H,5H2,1H3,(H,18,19,20). The molecule has 8 heteroatoms. The van der Waals surface area contributed by atoms with Crippen molar-refractivity contribution < 1.29 is 17.6 Å². The molecule has 0 saturated heterocycles. The Balaban J connectivity index is 2.08. The number of benzene rings is 1. The van der Waals surface area contributed by atoms with Crippen LogP contribution in [0.25, 0.3) is 0 Å². The van der Waals surface area contributed by atoms with Gasteiger partial charge in [0.2, 0.25) is 0 Å². The summed E-state index contributed by atoms with van der Waals surface area (Å²) in [5.74, 6) is -0.360. The molecule has 0 aliphatic rings. The molecular formula is C12H12F4N4. The Morgan fingerprint density at radius 1 is 1.30 bits per heavy atom. The number of H-pyrrole nitrogens is 1. The topological polar surface area (TPSA) is 53.6 Å². The van der Waals surface area contributed by atoms with Crippen LogP contribution in [0.4, 0.5) is 17.6 Å². The first-order valence-corrected chi connectivity index (χ1v) is 5.81. The summed E-state index contributed by atoms with van der Waals surface area (Å²) in [6.45, 7) is 1.85. The number of nitrogens with one attached hydrogen (secondary N) is 2. The van der Waals surface area contributed by atoms with Crippen molar-refractivity contribution >= 4 is 0 Å². The number of alkyl halides is 3. The lowest BCUT2D eigenvalue weighted by Crippen LogP contribution is -2.20. The molecule has 1 atom stereocenters. The molecule has 0 aliphatic heterocycles. The minimum Gasteiger partial charge on any atom is -0.303 e. The molecule has 0 radical (unpaired) electrons. The molecule has 1 heterocycles. The van der Waals surface area contributed by atoms with Crippen molar-refractivity contribution in [3.8, 4) is 0 Å². The van der Waals surface area contributed by atoms with E-state index in [0.29, 0.717) is 11.9 Å². The Morgan fingerprint density at radius 2 is 2.05 bits per heavy atom. The summed E-state index contributed by atoms with van der Waals surface area (Å²) >= 11 is 0. The molecule has 4 nitrogen and oxygen atoms in total. The van der Waals surface area contributed by atoms with Crippen molar-refractivity contribution in [3.05, 3.63) is 47.3 Å². The monoisotopic (exact) mass is 288 g/mol. The predicted octanol–water partition coefficient (Wildman–Crippen LogP) is 2.81. The van der Waals surface area contributed by atoms with Crippen molar-refractivity contribution in [2.45, 2.75) is 25.7 Å². The number of hydrogen-bond donors (Lipinski definition) is 2. The van der Waals surface area contributed by atoms with Gasteiger partial charge in [-0.05, 0) is 30.7 Å². The molecule has 2 aromatic rings. The van der Waals surface area contributed by atoms with Crippen LogP contribution in [-0.4, -0.2) is 15.2 Å². The van der Waals surface area contributed by atoms with Crippen molar-refractivity contribution in [2.24, 2.45) is 0 Å². The van der Waals surface area contributed by atoms with E-state index < -0.39 is 17.6 Å². The van der Waals surface area contributed by atoms with E-state index in [1.54, 1.807) is 6.92 Å². The minimum atomic E-state index is -4.56. The lowest BCUT2D eigenvalue weighted by Gasteiger charge is -2.13. The van der Waals surface area contributed by atoms with Crippen molar-refractivity contribution in [1.29, 1.82) is 0 Å².